The Kier molecular flexibility index (Phi) is 3.53. The first-order valence-corrected chi connectivity index (χ1v) is 8.64. The van der Waals surface area contributed by atoms with E-state index in [-0.39, 0.29) is 0 Å². The van der Waals surface area contributed by atoms with Crippen LogP contribution in [0.3, 0.4) is 0 Å². The molecule has 2 saturated carbocycles. The summed E-state index contributed by atoms with van der Waals surface area (Å²) in [5.41, 5.74) is 2.29. The van der Waals surface area contributed by atoms with Gasteiger partial charge in [0.2, 0.25) is 0 Å². The van der Waals surface area contributed by atoms with Crippen molar-refractivity contribution in [1.82, 2.24) is 5.32 Å². The fraction of sp³-hybridized carbons (Fsp3) is 0.667. The lowest BCUT2D eigenvalue weighted by Gasteiger charge is -2.44. The number of hydrogen-bond acceptors (Lipinski definition) is 1. The summed E-state index contributed by atoms with van der Waals surface area (Å²) in [4.78, 5) is 0. The molecule has 0 amide bonds. The van der Waals surface area contributed by atoms with Crippen LogP contribution >= 0.6 is 15.9 Å². The van der Waals surface area contributed by atoms with Gasteiger partial charge in [0.05, 0.1) is 0 Å². The average molecular weight is 336 g/mol. The predicted molar refractivity (Wildman–Crippen MR) is 88.7 cm³/mol. The molecule has 1 aromatic rings. The van der Waals surface area contributed by atoms with Crippen molar-refractivity contribution in [2.24, 2.45) is 16.7 Å². The summed E-state index contributed by atoms with van der Waals surface area (Å²) in [6, 6.07) is 9.73. The zero-order chi connectivity index (χ0) is 14.5. The Balaban J connectivity index is 1.80. The first-order chi connectivity index (χ1) is 9.33. The van der Waals surface area contributed by atoms with Crippen LogP contribution in [-0.2, 0) is 0 Å². The normalized spacial score (nSPS) is 36.2. The third-order valence-corrected chi connectivity index (χ3v) is 6.53. The predicted octanol–water partition coefficient (Wildman–Crippen LogP) is 5.31. The van der Waals surface area contributed by atoms with E-state index in [4.69, 9.17) is 0 Å². The fourth-order valence-corrected chi connectivity index (χ4v) is 5.26. The zero-order valence-electron chi connectivity index (χ0n) is 13.0. The van der Waals surface area contributed by atoms with Crippen LogP contribution in [0, 0.1) is 16.7 Å². The molecule has 4 atom stereocenters. The number of nitrogens with one attached hydrogen (secondary N) is 1. The minimum atomic E-state index is 0.410. The molecule has 0 radical (unpaired) electrons. The Morgan fingerprint density at radius 1 is 1.30 bits per heavy atom. The van der Waals surface area contributed by atoms with E-state index < -0.39 is 0 Å². The summed E-state index contributed by atoms with van der Waals surface area (Å²) >= 11 is 3.58. The number of benzene rings is 1. The summed E-state index contributed by atoms with van der Waals surface area (Å²) in [5, 5.41) is 3.96. The molecule has 0 spiro atoms. The maximum atomic E-state index is 3.96. The molecule has 1 N–H and O–H groups in total. The highest BCUT2D eigenvalue weighted by Crippen LogP contribution is 2.62. The second-order valence-electron chi connectivity index (χ2n) is 7.79. The summed E-state index contributed by atoms with van der Waals surface area (Å²) in [5.74, 6) is 0.903. The summed E-state index contributed by atoms with van der Waals surface area (Å²) in [7, 11) is 0. The van der Waals surface area contributed by atoms with Crippen molar-refractivity contribution in [3.63, 3.8) is 0 Å². The van der Waals surface area contributed by atoms with Crippen molar-refractivity contribution in [1.29, 1.82) is 0 Å². The largest absolute Gasteiger partial charge is 0.306 e. The van der Waals surface area contributed by atoms with Gasteiger partial charge in [0.15, 0.2) is 0 Å². The Morgan fingerprint density at radius 3 is 2.65 bits per heavy atom. The number of rotatable bonds is 3. The Bertz CT molecular complexity index is 505. The molecular weight excluding hydrogens is 310 g/mol. The SMILES string of the molecule is CC(NC1C2(C)CCC(C2)C1(C)C)c1cccc(Br)c1. The lowest BCUT2D eigenvalue weighted by atomic mass is 9.68. The number of halogens is 1. The number of hydrogen-bond donors (Lipinski definition) is 1. The van der Waals surface area contributed by atoms with Crippen LogP contribution in [0.5, 0.6) is 0 Å². The first-order valence-electron chi connectivity index (χ1n) is 7.84. The summed E-state index contributed by atoms with van der Waals surface area (Å²) < 4.78 is 1.17. The van der Waals surface area contributed by atoms with Gasteiger partial charge in [-0.2, -0.15) is 0 Å². The molecule has 2 fully saturated rings. The van der Waals surface area contributed by atoms with Gasteiger partial charge in [0.25, 0.3) is 0 Å². The van der Waals surface area contributed by atoms with Crippen LogP contribution in [0.25, 0.3) is 0 Å². The molecule has 1 aromatic carbocycles. The van der Waals surface area contributed by atoms with Gasteiger partial charge in [-0.25, -0.2) is 0 Å². The van der Waals surface area contributed by atoms with Crippen molar-refractivity contribution >= 4 is 15.9 Å². The van der Waals surface area contributed by atoms with Gasteiger partial charge in [-0.05, 0) is 60.6 Å². The second kappa shape index (κ2) is 4.84. The van der Waals surface area contributed by atoms with E-state index in [1.54, 1.807) is 0 Å². The summed E-state index contributed by atoms with van der Waals surface area (Å²) in [6.45, 7) is 9.72. The van der Waals surface area contributed by atoms with Crippen molar-refractivity contribution in [3.8, 4) is 0 Å². The van der Waals surface area contributed by atoms with E-state index in [1.165, 1.54) is 29.3 Å². The molecule has 2 aliphatic rings. The van der Waals surface area contributed by atoms with Gasteiger partial charge in [0.1, 0.15) is 0 Å². The van der Waals surface area contributed by atoms with E-state index in [0.717, 1.165) is 5.92 Å². The van der Waals surface area contributed by atoms with E-state index in [9.17, 15) is 0 Å². The van der Waals surface area contributed by atoms with Gasteiger partial charge in [-0.3, -0.25) is 0 Å². The third-order valence-electron chi connectivity index (χ3n) is 6.04. The van der Waals surface area contributed by atoms with Gasteiger partial charge in [0, 0.05) is 16.6 Å². The topological polar surface area (TPSA) is 12.0 Å². The van der Waals surface area contributed by atoms with Gasteiger partial charge in [-0.1, -0.05) is 48.8 Å². The van der Waals surface area contributed by atoms with Crippen LogP contribution in [0.15, 0.2) is 28.7 Å². The lowest BCUT2D eigenvalue weighted by Crippen LogP contribution is -2.50. The third kappa shape index (κ3) is 2.25. The van der Waals surface area contributed by atoms with Gasteiger partial charge in [-0.15, -0.1) is 0 Å². The smallest absolute Gasteiger partial charge is 0.0295 e. The molecule has 20 heavy (non-hydrogen) atoms. The fourth-order valence-electron chi connectivity index (χ4n) is 4.84. The van der Waals surface area contributed by atoms with Gasteiger partial charge >= 0.3 is 0 Å². The van der Waals surface area contributed by atoms with Crippen molar-refractivity contribution in [3.05, 3.63) is 34.3 Å². The van der Waals surface area contributed by atoms with E-state index in [2.05, 4.69) is 73.2 Å². The highest BCUT2D eigenvalue weighted by atomic mass is 79.9. The quantitative estimate of drug-likeness (QED) is 0.788. The maximum absolute atomic E-state index is 3.96. The summed E-state index contributed by atoms with van der Waals surface area (Å²) in [6.07, 6.45) is 4.22. The van der Waals surface area contributed by atoms with Gasteiger partial charge < -0.3 is 5.32 Å². The monoisotopic (exact) mass is 335 g/mol. The standard InChI is InChI=1S/C18H26BrN/c1-12(13-6-5-7-15(19)10-13)20-16-17(2,3)14-8-9-18(16,4)11-14/h5-7,10,12,14,16,20H,8-9,11H2,1-4H3. The molecule has 2 aliphatic carbocycles. The highest BCUT2D eigenvalue weighted by Gasteiger charge is 2.59. The van der Waals surface area contributed by atoms with E-state index in [1.807, 2.05) is 0 Å². The van der Waals surface area contributed by atoms with Crippen LogP contribution in [0.4, 0.5) is 0 Å². The molecule has 110 valence electrons. The molecule has 1 nitrogen and oxygen atoms in total. The minimum absolute atomic E-state index is 0.410. The van der Waals surface area contributed by atoms with E-state index >= 15 is 0 Å². The zero-order valence-corrected chi connectivity index (χ0v) is 14.6. The molecule has 0 aliphatic heterocycles. The molecule has 0 heterocycles. The molecule has 0 saturated heterocycles. The van der Waals surface area contributed by atoms with Crippen molar-refractivity contribution in [2.75, 3.05) is 0 Å². The van der Waals surface area contributed by atoms with E-state index in [0.29, 0.717) is 22.9 Å². The average Bonchev–Trinajstić information content (AvgIpc) is 2.85. The van der Waals surface area contributed by atoms with Crippen LogP contribution < -0.4 is 5.32 Å². The van der Waals surface area contributed by atoms with Crippen molar-refractivity contribution in [2.45, 2.75) is 59.0 Å². The maximum Gasteiger partial charge on any atom is 0.0295 e. The molecule has 2 heteroatoms. The second-order valence-corrected chi connectivity index (χ2v) is 8.71. The van der Waals surface area contributed by atoms with Crippen molar-refractivity contribution < 1.29 is 0 Å². The highest BCUT2D eigenvalue weighted by molar-refractivity contribution is 9.10. The molecule has 2 bridgehead atoms. The molecule has 4 unspecified atom stereocenters. The lowest BCUT2D eigenvalue weighted by molar-refractivity contribution is 0.100. The Hall–Kier alpha value is -0.340. The minimum Gasteiger partial charge on any atom is -0.306 e. The van der Waals surface area contributed by atoms with Crippen LogP contribution in [0.1, 0.15) is 58.6 Å². The Morgan fingerprint density at radius 2 is 2.05 bits per heavy atom. The Labute approximate surface area is 131 Å². The molecule has 3 rings (SSSR count). The van der Waals surface area contributed by atoms with Crippen LogP contribution in [0.2, 0.25) is 0 Å². The molecular formula is C18H26BrN. The molecule has 0 aromatic heterocycles. The first kappa shape index (κ1) is 14.6. The van der Waals surface area contributed by atoms with Crippen LogP contribution in [-0.4, -0.2) is 6.04 Å². The number of fused-ring (bicyclic) bond motifs is 2.